The molecular formula is C19H12F5NO4. The van der Waals surface area contributed by atoms with E-state index >= 15 is 0 Å². The normalized spacial score (nSPS) is 20.0. The molecule has 3 rings (SSSR count). The number of nitrogens with zero attached hydrogens (tertiary/aromatic N) is 1. The van der Waals surface area contributed by atoms with E-state index in [4.69, 9.17) is 5.11 Å². The van der Waals surface area contributed by atoms with Gasteiger partial charge in [-0.15, -0.1) is 0 Å². The Balaban J connectivity index is 2.09. The van der Waals surface area contributed by atoms with E-state index in [-0.39, 0.29) is 16.8 Å². The number of pyridine rings is 1. The van der Waals surface area contributed by atoms with E-state index in [1.165, 1.54) is 6.92 Å². The largest absolute Gasteiger partial charge is 0.476 e. The van der Waals surface area contributed by atoms with E-state index < -0.39 is 70.1 Å². The highest BCUT2D eigenvalue weighted by Crippen LogP contribution is 2.44. The number of halogens is 5. The molecular weight excluding hydrogens is 401 g/mol. The number of ketones is 2. The molecule has 10 heteroatoms. The second-order valence-corrected chi connectivity index (χ2v) is 6.61. The van der Waals surface area contributed by atoms with Gasteiger partial charge in [-0.2, -0.15) is 13.2 Å². The van der Waals surface area contributed by atoms with Gasteiger partial charge in [-0.05, 0) is 26.0 Å². The van der Waals surface area contributed by atoms with Gasteiger partial charge in [0.05, 0.1) is 22.6 Å². The third kappa shape index (κ3) is 3.18. The Hall–Kier alpha value is -3.17. The molecule has 0 spiro atoms. The van der Waals surface area contributed by atoms with Crippen LogP contribution in [0, 0.1) is 5.92 Å². The van der Waals surface area contributed by atoms with Crippen LogP contribution >= 0.6 is 0 Å². The average molecular weight is 413 g/mol. The molecule has 0 fully saturated rings. The first kappa shape index (κ1) is 20.6. The summed E-state index contributed by atoms with van der Waals surface area (Å²) >= 11 is 0. The van der Waals surface area contributed by atoms with Crippen LogP contribution in [0.5, 0.6) is 0 Å². The maximum atomic E-state index is 14.3. The predicted molar refractivity (Wildman–Crippen MR) is 88.0 cm³/mol. The number of Topliss-reactive ketones (excluding diaryl/α,β-unsaturated/α-hetero) is 2. The summed E-state index contributed by atoms with van der Waals surface area (Å²) < 4.78 is 67.3. The van der Waals surface area contributed by atoms with Gasteiger partial charge >= 0.3 is 12.1 Å². The summed E-state index contributed by atoms with van der Waals surface area (Å²) in [4.78, 5) is 39.7. The number of carboxylic acids is 1. The minimum atomic E-state index is -4.96. The topological polar surface area (TPSA) is 84.3 Å². The van der Waals surface area contributed by atoms with E-state index in [1.807, 2.05) is 0 Å². The molecule has 1 heterocycles. The zero-order valence-corrected chi connectivity index (χ0v) is 14.9. The number of carbonyl (C=O) groups excluding carboxylic acids is 2. The first-order chi connectivity index (χ1) is 13.4. The van der Waals surface area contributed by atoms with E-state index in [9.17, 15) is 36.3 Å². The lowest BCUT2D eigenvalue weighted by molar-refractivity contribution is -0.138. The van der Waals surface area contributed by atoms with E-state index in [1.54, 1.807) is 0 Å². The Bertz CT molecular complexity index is 1080. The van der Waals surface area contributed by atoms with Gasteiger partial charge in [-0.3, -0.25) is 9.59 Å². The van der Waals surface area contributed by atoms with Crippen molar-refractivity contribution < 1.29 is 41.4 Å². The first-order valence-electron chi connectivity index (χ1n) is 8.25. The predicted octanol–water partition coefficient (Wildman–Crippen LogP) is 3.91. The van der Waals surface area contributed by atoms with Crippen LogP contribution in [0.4, 0.5) is 22.0 Å². The fraction of sp³-hybridized carbons (Fsp3) is 0.263. The molecule has 0 aromatic carbocycles. The van der Waals surface area contributed by atoms with Crippen molar-refractivity contribution in [3.8, 4) is 0 Å². The van der Waals surface area contributed by atoms with E-state index in [2.05, 4.69) is 4.98 Å². The lowest BCUT2D eigenvalue weighted by Gasteiger charge is -2.19. The fourth-order valence-electron chi connectivity index (χ4n) is 3.26. The molecule has 2 aliphatic carbocycles. The Kier molecular flexibility index (Phi) is 4.76. The molecule has 1 atom stereocenters. The zero-order chi connectivity index (χ0) is 21.8. The molecule has 0 radical (unpaired) electrons. The third-order valence-electron chi connectivity index (χ3n) is 4.83. The van der Waals surface area contributed by atoms with Gasteiger partial charge in [0, 0.05) is 23.3 Å². The van der Waals surface area contributed by atoms with Gasteiger partial charge in [0.2, 0.25) is 0 Å². The van der Waals surface area contributed by atoms with Crippen LogP contribution in [0.15, 0.2) is 46.1 Å². The number of fused-ring (bicyclic) bond motifs is 1. The van der Waals surface area contributed by atoms with Crippen LogP contribution in [0.3, 0.4) is 0 Å². The maximum absolute atomic E-state index is 14.3. The highest BCUT2D eigenvalue weighted by Gasteiger charge is 2.44. The summed E-state index contributed by atoms with van der Waals surface area (Å²) in [5, 5.41) is 9.02. The van der Waals surface area contributed by atoms with Crippen molar-refractivity contribution in [2.75, 3.05) is 0 Å². The Morgan fingerprint density at radius 2 is 1.66 bits per heavy atom. The van der Waals surface area contributed by atoms with Gasteiger partial charge < -0.3 is 5.11 Å². The Labute approximate surface area is 160 Å². The number of alkyl halides is 3. The van der Waals surface area contributed by atoms with Crippen LogP contribution in [-0.4, -0.2) is 27.6 Å². The fourth-order valence-corrected chi connectivity index (χ4v) is 3.26. The van der Waals surface area contributed by atoms with Crippen molar-refractivity contribution in [2.45, 2.75) is 26.4 Å². The molecule has 0 saturated heterocycles. The molecule has 1 unspecified atom stereocenters. The van der Waals surface area contributed by atoms with Crippen LogP contribution < -0.4 is 0 Å². The van der Waals surface area contributed by atoms with Crippen LogP contribution in [-0.2, 0) is 22.2 Å². The third-order valence-corrected chi connectivity index (χ3v) is 4.83. The standard InChI is InChI=1S/C19H12F5NO4/c1-6-9(17(27)12-11(16(6)26)13(20)7(2)14(12)21)5-8-3-4-10(19(22,23)24)15(25-8)18(28)29/h3-4,7H,5H2,1-2H3,(H,28,29). The minimum Gasteiger partial charge on any atom is -0.476 e. The number of carboxylic acid groups (broad SMARTS) is 1. The maximum Gasteiger partial charge on any atom is 0.418 e. The van der Waals surface area contributed by atoms with Crippen LogP contribution in [0.1, 0.15) is 35.6 Å². The molecule has 0 amide bonds. The molecule has 152 valence electrons. The summed E-state index contributed by atoms with van der Waals surface area (Å²) in [7, 11) is 0. The summed E-state index contributed by atoms with van der Waals surface area (Å²) in [6, 6.07) is 1.36. The van der Waals surface area contributed by atoms with Crippen molar-refractivity contribution in [2.24, 2.45) is 5.92 Å². The molecule has 1 aromatic rings. The number of carbonyl (C=O) groups is 3. The number of hydrogen-bond donors (Lipinski definition) is 1. The SMILES string of the molecule is CC1=C(Cc2ccc(C(F)(F)F)c(C(=O)O)n2)C(=O)C2=C(F)C(C)C(F)=C2C1=O. The summed E-state index contributed by atoms with van der Waals surface area (Å²) in [6.45, 7) is 2.35. The van der Waals surface area contributed by atoms with Gasteiger partial charge in [0.1, 0.15) is 11.7 Å². The minimum absolute atomic E-state index is 0.204. The molecule has 0 aliphatic heterocycles. The van der Waals surface area contributed by atoms with Crippen molar-refractivity contribution in [1.29, 1.82) is 0 Å². The Morgan fingerprint density at radius 3 is 2.17 bits per heavy atom. The molecule has 29 heavy (non-hydrogen) atoms. The van der Waals surface area contributed by atoms with Gasteiger partial charge in [0.25, 0.3) is 0 Å². The zero-order valence-electron chi connectivity index (χ0n) is 14.9. The monoisotopic (exact) mass is 413 g/mol. The van der Waals surface area contributed by atoms with Crippen molar-refractivity contribution >= 4 is 17.5 Å². The number of hydrogen-bond acceptors (Lipinski definition) is 4. The number of rotatable bonds is 3. The molecule has 1 aromatic heterocycles. The van der Waals surface area contributed by atoms with E-state index in [0.717, 1.165) is 13.0 Å². The second kappa shape index (κ2) is 6.71. The molecule has 5 nitrogen and oxygen atoms in total. The number of allylic oxidation sites excluding steroid dienone is 6. The molecule has 2 aliphatic rings. The van der Waals surface area contributed by atoms with Crippen LogP contribution in [0.2, 0.25) is 0 Å². The lowest BCUT2D eigenvalue weighted by atomic mass is 9.82. The van der Waals surface area contributed by atoms with E-state index in [0.29, 0.717) is 6.07 Å². The molecule has 1 N–H and O–H groups in total. The molecule has 0 saturated carbocycles. The summed E-state index contributed by atoms with van der Waals surface area (Å²) in [5.74, 6) is -7.36. The Morgan fingerprint density at radius 1 is 1.10 bits per heavy atom. The highest BCUT2D eigenvalue weighted by molar-refractivity contribution is 6.30. The van der Waals surface area contributed by atoms with Gasteiger partial charge in [-0.1, -0.05) is 0 Å². The number of aromatic carboxylic acids is 1. The van der Waals surface area contributed by atoms with Crippen molar-refractivity contribution in [3.05, 3.63) is 63.0 Å². The van der Waals surface area contributed by atoms with Crippen molar-refractivity contribution in [1.82, 2.24) is 4.98 Å². The number of aromatic nitrogens is 1. The highest BCUT2D eigenvalue weighted by atomic mass is 19.4. The van der Waals surface area contributed by atoms with Gasteiger partial charge in [0.15, 0.2) is 17.3 Å². The smallest absolute Gasteiger partial charge is 0.418 e. The molecule has 0 bridgehead atoms. The second-order valence-electron chi connectivity index (χ2n) is 6.61. The van der Waals surface area contributed by atoms with Gasteiger partial charge in [-0.25, -0.2) is 18.6 Å². The van der Waals surface area contributed by atoms with Crippen molar-refractivity contribution in [3.63, 3.8) is 0 Å². The van der Waals surface area contributed by atoms with Crippen LogP contribution in [0.25, 0.3) is 0 Å². The summed E-state index contributed by atoms with van der Waals surface area (Å²) in [5.41, 5.74) is -4.83. The lowest BCUT2D eigenvalue weighted by Crippen LogP contribution is -2.25. The summed E-state index contributed by atoms with van der Waals surface area (Å²) in [6.07, 6.45) is -5.48. The average Bonchev–Trinajstić information content (AvgIpc) is 2.86. The first-order valence-corrected chi connectivity index (χ1v) is 8.25. The quantitative estimate of drug-likeness (QED) is 0.760.